The predicted octanol–water partition coefficient (Wildman–Crippen LogP) is 25.6. The zero-order chi connectivity index (χ0) is 60.1. The Hall–Kier alpha value is -10.9. The van der Waals surface area contributed by atoms with Gasteiger partial charge in [0.2, 0.25) is 0 Å². The summed E-state index contributed by atoms with van der Waals surface area (Å²) in [5.41, 5.74) is 25.7. The smallest absolute Gasteiger partial charge is 0.0540 e. The van der Waals surface area contributed by atoms with E-state index in [-0.39, 0.29) is 0 Å². The lowest BCUT2D eigenvalue weighted by atomic mass is 9.96. The van der Waals surface area contributed by atoms with Gasteiger partial charge in [-0.15, -0.1) is 22.7 Å². The van der Waals surface area contributed by atoms with Gasteiger partial charge in [0.25, 0.3) is 0 Å². The van der Waals surface area contributed by atoms with Crippen LogP contribution < -0.4 is 9.80 Å². The number of aryl methyl sites for hydroxylation is 2. The Bertz CT molecular complexity index is 4960. The second-order valence-electron chi connectivity index (χ2n) is 23.2. The van der Waals surface area contributed by atoms with Gasteiger partial charge in [-0.25, -0.2) is 0 Å². The SMILES string of the molecule is Cc1cc(-c2ccc(N(c3ccc(-c4ccc(-c5ccccc5)cc4)cc3)c3ccccc3-c3cccc4c3sc3ccccc34)c(C)c2)ccc1N(c1ccc(-c2ccc(-c3ccccc3)cc2)cc1)c1ccccc1-c1cccc2c1sc1ccccc12. The highest BCUT2D eigenvalue weighted by Gasteiger charge is 2.24. The minimum atomic E-state index is 1.09. The van der Waals surface area contributed by atoms with E-state index in [0.29, 0.717) is 0 Å². The standard InChI is InChI=1S/C86H60N2S2/c1-57-55-67(47-53-79(57)87(69-49-43-65(44-50-69)63-39-35-61(36-40-63)59-19-5-3-6-20-59)81-31-13-9-23-71(81)75-27-17-29-77-73-25-11-15-33-83(73)89-85(75)77)68-48-54-80(58(2)56-68)88(70-51-45-66(46-52-70)64-41-37-62(38-42-64)60-21-7-4-8-22-60)82-32-14-10-24-72(82)76-28-18-30-78-74-26-12-16-34-84(74)90-86(76)78/h3-56H,1-2H3. The van der Waals surface area contributed by atoms with Crippen LogP contribution in [0, 0.1) is 13.8 Å². The van der Waals surface area contributed by atoms with Crippen molar-refractivity contribution in [1.29, 1.82) is 0 Å². The molecule has 0 unspecified atom stereocenters. The number of fused-ring (bicyclic) bond motifs is 6. The van der Waals surface area contributed by atoms with Crippen molar-refractivity contribution in [3.05, 3.63) is 339 Å². The van der Waals surface area contributed by atoms with Gasteiger partial charge in [-0.3, -0.25) is 0 Å². The van der Waals surface area contributed by atoms with Crippen LogP contribution in [0.5, 0.6) is 0 Å². The molecule has 0 amide bonds. The maximum absolute atomic E-state index is 2.47. The summed E-state index contributed by atoms with van der Waals surface area (Å²) < 4.78 is 5.18. The number of benzene rings is 14. The number of para-hydroxylation sites is 2. The summed E-state index contributed by atoms with van der Waals surface area (Å²) in [7, 11) is 0. The summed E-state index contributed by atoms with van der Waals surface area (Å²) in [6.07, 6.45) is 0. The third-order valence-electron chi connectivity index (χ3n) is 17.8. The monoisotopic (exact) mass is 1180 g/mol. The van der Waals surface area contributed by atoms with Crippen LogP contribution in [-0.2, 0) is 0 Å². The van der Waals surface area contributed by atoms with Gasteiger partial charge in [0.05, 0.1) is 11.4 Å². The molecular weight excluding hydrogens is 1130 g/mol. The lowest BCUT2D eigenvalue weighted by molar-refractivity contribution is 1.24. The molecule has 0 aliphatic rings. The van der Waals surface area contributed by atoms with E-state index in [2.05, 4.69) is 351 Å². The molecule has 0 N–H and O–H groups in total. The zero-order valence-electron chi connectivity index (χ0n) is 49.9. The van der Waals surface area contributed by atoms with Gasteiger partial charge in [-0.1, -0.05) is 255 Å². The van der Waals surface area contributed by atoms with Crippen molar-refractivity contribution in [3.8, 4) is 77.9 Å². The summed E-state index contributed by atoms with van der Waals surface area (Å²) >= 11 is 3.75. The van der Waals surface area contributed by atoms with Crippen molar-refractivity contribution >= 4 is 97.1 Å². The van der Waals surface area contributed by atoms with Crippen molar-refractivity contribution in [1.82, 2.24) is 0 Å². The third kappa shape index (κ3) is 10.0. The molecule has 14 aromatic carbocycles. The van der Waals surface area contributed by atoms with Gasteiger partial charge in [0.15, 0.2) is 0 Å². The molecule has 0 aliphatic heterocycles. The van der Waals surface area contributed by atoms with Gasteiger partial charge >= 0.3 is 0 Å². The maximum Gasteiger partial charge on any atom is 0.0540 e. The summed E-state index contributed by atoms with van der Waals surface area (Å²) in [4.78, 5) is 4.94. The molecular formula is C86H60N2S2. The average molecular weight is 1190 g/mol. The summed E-state index contributed by atoms with van der Waals surface area (Å²) in [5.74, 6) is 0. The second kappa shape index (κ2) is 23.3. The molecule has 2 heterocycles. The van der Waals surface area contributed by atoms with E-state index in [1.54, 1.807) is 0 Å². The fraction of sp³-hybridized carbons (Fsp3) is 0.0233. The van der Waals surface area contributed by atoms with Crippen molar-refractivity contribution in [2.24, 2.45) is 0 Å². The molecule has 16 rings (SSSR count). The molecule has 0 saturated carbocycles. The fourth-order valence-corrected chi connectivity index (χ4v) is 15.7. The Kier molecular flexibility index (Phi) is 14.1. The fourth-order valence-electron chi connectivity index (χ4n) is 13.3. The number of hydrogen-bond donors (Lipinski definition) is 0. The van der Waals surface area contributed by atoms with E-state index in [0.717, 1.165) is 45.3 Å². The molecule has 0 saturated heterocycles. The molecule has 90 heavy (non-hydrogen) atoms. The zero-order valence-corrected chi connectivity index (χ0v) is 51.5. The van der Waals surface area contributed by atoms with E-state index in [9.17, 15) is 0 Å². The second-order valence-corrected chi connectivity index (χ2v) is 25.4. The molecule has 0 bridgehead atoms. The highest BCUT2D eigenvalue weighted by molar-refractivity contribution is 7.26. The number of rotatable bonds is 13. The van der Waals surface area contributed by atoms with E-state index < -0.39 is 0 Å². The molecule has 4 heteroatoms. The first-order valence-electron chi connectivity index (χ1n) is 30.8. The first-order valence-corrected chi connectivity index (χ1v) is 32.4. The molecule has 426 valence electrons. The van der Waals surface area contributed by atoms with E-state index in [4.69, 9.17) is 0 Å². The van der Waals surface area contributed by atoms with Crippen LogP contribution in [0.2, 0.25) is 0 Å². The van der Waals surface area contributed by atoms with Crippen molar-refractivity contribution in [2.45, 2.75) is 13.8 Å². The first-order chi connectivity index (χ1) is 44.5. The van der Waals surface area contributed by atoms with Crippen LogP contribution in [-0.4, -0.2) is 0 Å². The minimum absolute atomic E-state index is 1.09. The van der Waals surface area contributed by atoms with Crippen LogP contribution >= 0.6 is 22.7 Å². The molecule has 0 aliphatic carbocycles. The van der Waals surface area contributed by atoms with Crippen LogP contribution in [0.4, 0.5) is 34.1 Å². The predicted molar refractivity (Wildman–Crippen MR) is 389 cm³/mol. The molecule has 0 radical (unpaired) electrons. The van der Waals surface area contributed by atoms with Crippen LogP contribution in [0.3, 0.4) is 0 Å². The summed E-state index contributed by atoms with van der Waals surface area (Å²) in [5, 5.41) is 5.17. The topological polar surface area (TPSA) is 6.48 Å². The van der Waals surface area contributed by atoms with Crippen LogP contribution in [0.25, 0.3) is 118 Å². The van der Waals surface area contributed by atoms with E-state index >= 15 is 0 Å². The van der Waals surface area contributed by atoms with E-state index in [1.807, 2.05) is 22.7 Å². The highest BCUT2D eigenvalue weighted by Crippen LogP contribution is 2.50. The first kappa shape index (κ1) is 54.5. The van der Waals surface area contributed by atoms with Crippen molar-refractivity contribution in [2.75, 3.05) is 9.80 Å². The molecule has 16 aromatic rings. The van der Waals surface area contributed by atoms with Gasteiger partial charge in [-0.2, -0.15) is 0 Å². The Morgan fingerprint density at radius 1 is 0.211 bits per heavy atom. The average Bonchev–Trinajstić information content (AvgIpc) is 1.55. The number of anilines is 6. The summed E-state index contributed by atoms with van der Waals surface area (Å²) in [6, 6.07) is 120. The lowest BCUT2D eigenvalue weighted by Crippen LogP contribution is -2.13. The molecule has 2 nitrogen and oxygen atoms in total. The van der Waals surface area contributed by atoms with Gasteiger partial charge in [0, 0.05) is 85.3 Å². The Morgan fingerprint density at radius 2 is 0.500 bits per heavy atom. The summed E-state index contributed by atoms with van der Waals surface area (Å²) in [6.45, 7) is 4.53. The quantitative estimate of drug-likeness (QED) is 0.114. The molecule has 0 atom stereocenters. The molecule has 0 spiro atoms. The van der Waals surface area contributed by atoms with Crippen LogP contribution in [0.15, 0.2) is 328 Å². The van der Waals surface area contributed by atoms with Crippen LogP contribution in [0.1, 0.15) is 11.1 Å². The minimum Gasteiger partial charge on any atom is -0.310 e. The van der Waals surface area contributed by atoms with Crippen molar-refractivity contribution in [3.63, 3.8) is 0 Å². The molecule has 0 fully saturated rings. The van der Waals surface area contributed by atoms with Gasteiger partial charge < -0.3 is 9.80 Å². The largest absolute Gasteiger partial charge is 0.310 e. The number of thiophene rings is 2. The normalized spacial score (nSPS) is 11.4. The van der Waals surface area contributed by atoms with Gasteiger partial charge in [-0.05, 0) is 153 Å². The third-order valence-corrected chi connectivity index (χ3v) is 20.2. The number of hydrogen-bond acceptors (Lipinski definition) is 4. The van der Waals surface area contributed by atoms with E-state index in [1.165, 1.54) is 118 Å². The lowest BCUT2D eigenvalue weighted by Gasteiger charge is -2.30. The maximum atomic E-state index is 2.47. The Balaban J connectivity index is 0.787. The van der Waals surface area contributed by atoms with Gasteiger partial charge in [0.1, 0.15) is 0 Å². The Morgan fingerprint density at radius 3 is 0.878 bits per heavy atom. The number of nitrogens with zero attached hydrogens (tertiary/aromatic N) is 2. The van der Waals surface area contributed by atoms with Crippen molar-refractivity contribution < 1.29 is 0 Å². The Labute approximate surface area is 533 Å². The highest BCUT2D eigenvalue weighted by atomic mass is 32.1. The molecule has 2 aromatic heterocycles.